The van der Waals surface area contributed by atoms with Gasteiger partial charge in [0.1, 0.15) is 0 Å². The standard InChI is InChI=1S/C13H10BrF3N2O2/c1-21-12(20)8-2-3-9(10(14)6-8)7-19-5-4-11(18-19)13(15,16)17/h2-6H,7H2,1H3. The lowest BCUT2D eigenvalue weighted by molar-refractivity contribution is -0.141. The molecule has 2 aromatic rings. The van der Waals surface area contributed by atoms with E-state index in [9.17, 15) is 18.0 Å². The van der Waals surface area contributed by atoms with Crippen LogP contribution in [0.1, 0.15) is 21.6 Å². The molecule has 21 heavy (non-hydrogen) atoms. The van der Waals surface area contributed by atoms with E-state index >= 15 is 0 Å². The predicted molar refractivity (Wildman–Crippen MR) is 71.8 cm³/mol. The maximum atomic E-state index is 12.5. The van der Waals surface area contributed by atoms with Crippen LogP contribution in [0.2, 0.25) is 0 Å². The molecule has 0 saturated heterocycles. The van der Waals surface area contributed by atoms with Crippen molar-refractivity contribution in [1.29, 1.82) is 0 Å². The van der Waals surface area contributed by atoms with Gasteiger partial charge < -0.3 is 4.74 Å². The maximum absolute atomic E-state index is 12.5. The minimum atomic E-state index is -4.46. The van der Waals surface area contributed by atoms with Crippen molar-refractivity contribution in [2.75, 3.05) is 7.11 Å². The fraction of sp³-hybridized carbons (Fsp3) is 0.231. The summed E-state index contributed by atoms with van der Waals surface area (Å²) in [6.45, 7) is 0.151. The predicted octanol–water partition coefficient (Wildman–Crippen LogP) is 3.50. The van der Waals surface area contributed by atoms with Crippen molar-refractivity contribution in [3.05, 3.63) is 51.8 Å². The number of hydrogen-bond donors (Lipinski definition) is 0. The van der Waals surface area contributed by atoms with Gasteiger partial charge in [0.2, 0.25) is 0 Å². The van der Waals surface area contributed by atoms with Crippen LogP contribution in [-0.4, -0.2) is 22.9 Å². The first kappa shape index (κ1) is 15.6. The molecule has 0 amide bonds. The molecule has 4 nitrogen and oxygen atoms in total. The summed E-state index contributed by atoms with van der Waals surface area (Å²) in [6.07, 6.45) is -3.21. The van der Waals surface area contributed by atoms with Crippen molar-refractivity contribution >= 4 is 21.9 Å². The Morgan fingerprint density at radius 2 is 2.10 bits per heavy atom. The average Bonchev–Trinajstić information content (AvgIpc) is 2.88. The van der Waals surface area contributed by atoms with Gasteiger partial charge in [0, 0.05) is 10.7 Å². The van der Waals surface area contributed by atoms with Gasteiger partial charge in [-0.25, -0.2) is 4.79 Å². The lowest BCUT2D eigenvalue weighted by atomic mass is 10.1. The molecule has 2 rings (SSSR count). The summed E-state index contributed by atoms with van der Waals surface area (Å²) < 4.78 is 43.8. The molecule has 1 aromatic carbocycles. The zero-order valence-corrected chi connectivity index (χ0v) is 12.4. The van der Waals surface area contributed by atoms with Crippen molar-refractivity contribution in [3.63, 3.8) is 0 Å². The smallest absolute Gasteiger partial charge is 0.435 e. The minimum Gasteiger partial charge on any atom is -0.465 e. The van der Waals surface area contributed by atoms with E-state index in [-0.39, 0.29) is 6.54 Å². The van der Waals surface area contributed by atoms with Crippen LogP contribution < -0.4 is 0 Å². The first-order valence-electron chi connectivity index (χ1n) is 5.78. The van der Waals surface area contributed by atoms with Gasteiger partial charge in [-0.1, -0.05) is 22.0 Å². The number of carbonyl (C=O) groups excluding carboxylic acids is 1. The highest BCUT2D eigenvalue weighted by Crippen LogP contribution is 2.27. The molecule has 0 spiro atoms. The minimum absolute atomic E-state index is 0.151. The van der Waals surface area contributed by atoms with E-state index in [4.69, 9.17) is 0 Å². The van der Waals surface area contributed by atoms with Crippen molar-refractivity contribution in [2.45, 2.75) is 12.7 Å². The number of methoxy groups -OCH3 is 1. The Morgan fingerprint density at radius 3 is 2.62 bits per heavy atom. The fourth-order valence-electron chi connectivity index (χ4n) is 1.70. The van der Waals surface area contributed by atoms with E-state index in [1.807, 2.05) is 0 Å². The molecule has 0 bridgehead atoms. The van der Waals surface area contributed by atoms with Crippen molar-refractivity contribution in [3.8, 4) is 0 Å². The third kappa shape index (κ3) is 3.63. The number of rotatable bonds is 3. The SMILES string of the molecule is COC(=O)c1ccc(Cn2ccc(C(F)(F)F)n2)c(Br)c1. The number of ether oxygens (including phenoxy) is 1. The summed E-state index contributed by atoms with van der Waals surface area (Å²) in [7, 11) is 1.27. The summed E-state index contributed by atoms with van der Waals surface area (Å²) in [5.41, 5.74) is 0.105. The highest BCUT2D eigenvalue weighted by Gasteiger charge is 2.33. The van der Waals surface area contributed by atoms with Crippen LogP contribution in [0.5, 0.6) is 0 Å². The van der Waals surface area contributed by atoms with E-state index in [2.05, 4.69) is 25.8 Å². The molecule has 0 unspecified atom stereocenters. The highest BCUT2D eigenvalue weighted by molar-refractivity contribution is 9.10. The number of benzene rings is 1. The molecular weight excluding hydrogens is 353 g/mol. The van der Waals surface area contributed by atoms with Gasteiger partial charge in [0.05, 0.1) is 19.2 Å². The monoisotopic (exact) mass is 362 g/mol. The summed E-state index contributed by atoms with van der Waals surface area (Å²) >= 11 is 3.28. The molecule has 112 valence electrons. The molecule has 1 heterocycles. The van der Waals surface area contributed by atoms with Crippen molar-refractivity contribution < 1.29 is 22.7 Å². The average molecular weight is 363 g/mol. The molecule has 0 aliphatic heterocycles. The van der Waals surface area contributed by atoms with Crippen molar-refractivity contribution in [2.24, 2.45) is 0 Å². The van der Waals surface area contributed by atoms with Gasteiger partial charge in [0.25, 0.3) is 0 Å². The number of aromatic nitrogens is 2. The second kappa shape index (κ2) is 5.88. The van der Waals surface area contributed by atoms with Gasteiger partial charge in [-0.3, -0.25) is 4.68 Å². The van der Waals surface area contributed by atoms with Crippen LogP contribution in [0.3, 0.4) is 0 Å². The molecule has 0 aliphatic rings. The quantitative estimate of drug-likeness (QED) is 0.785. The van der Waals surface area contributed by atoms with Crippen LogP contribution in [0.15, 0.2) is 34.9 Å². The Hall–Kier alpha value is -1.83. The van der Waals surface area contributed by atoms with Crippen LogP contribution in [-0.2, 0) is 17.5 Å². The number of alkyl halides is 3. The second-order valence-electron chi connectivity index (χ2n) is 4.19. The fourth-order valence-corrected chi connectivity index (χ4v) is 2.20. The summed E-state index contributed by atoms with van der Waals surface area (Å²) in [4.78, 5) is 11.4. The first-order valence-corrected chi connectivity index (χ1v) is 6.58. The molecule has 0 aliphatic carbocycles. The second-order valence-corrected chi connectivity index (χ2v) is 5.05. The Bertz CT molecular complexity index is 668. The lowest BCUT2D eigenvalue weighted by Gasteiger charge is -2.07. The Balaban J connectivity index is 2.20. The zero-order chi connectivity index (χ0) is 15.6. The number of halogens is 4. The van der Waals surface area contributed by atoms with Crippen LogP contribution in [0, 0.1) is 0 Å². The first-order chi connectivity index (χ1) is 9.81. The van der Waals surface area contributed by atoms with Crippen molar-refractivity contribution in [1.82, 2.24) is 9.78 Å². The van der Waals surface area contributed by atoms with Crippen LogP contribution in [0.4, 0.5) is 13.2 Å². The third-order valence-corrected chi connectivity index (χ3v) is 3.48. The summed E-state index contributed by atoms with van der Waals surface area (Å²) in [5, 5.41) is 3.47. The maximum Gasteiger partial charge on any atom is 0.435 e. The number of esters is 1. The molecule has 0 saturated carbocycles. The molecular formula is C13H10BrF3N2O2. The van der Waals surface area contributed by atoms with E-state index in [1.54, 1.807) is 18.2 Å². The van der Waals surface area contributed by atoms with Gasteiger partial charge in [-0.05, 0) is 23.8 Å². The molecule has 0 fully saturated rings. The third-order valence-electron chi connectivity index (χ3n) is 2.74. The molecule has 1 aromatic heterocycles. The van der Waals surface area contributed by atoms with Gasteiger partial charge in [-0.15, -0.1) is 0 Å². The topological polar surface area (TPSA) is 44.1 Å². The molecule has 8 heteroatoms. The summed E-state index contributed by atoms with van der Waals surface area (Å²) in [5.74, 6) is -0.485. The number of nitrogens with zero attached hydrogens (tertiary/aromatic N) is 2. The van der Waals surface area contributed by atoms with E-state index in [0.29, 0.717) is 15.6 Å². The molecule has 0 N–H and O–H groups in total. The normalized spacial score (nSPS) is 11.5. The largest absolute Gasteiger partial charge is 0.465 e. The number of carbonyl (C=O) groups is 1. The highest BCUT2D eigenvalue weighted by atomic mass is 79.9. The van der Waals surface area contributed by atoms with Gasteiger partial charge in [-0.2, -0.15) is 18.3 Å². The van der Waals surface area contributed by atoms with E-state index in [1.165, 1.54) is 18.0 Å². The number of hydrogen-bond acceptors (Lipinski definition) is 3. The van der Waals surface area contributed by atoms with Crippen LogP contribution >= 0.6 is 15.9 Å². The van der Waals surface area contributed by atoms with E-state index in [0.717, 1.165) is 6.07 Å². The summed E-state index contributed by atoms with van der Waals surface area (Å²) in [6, 6.07) is 5.64. The Kier molecular flexibility index (Phi) is 4.36. The van der Waals surface area contributed by atoms with Gasteiger partial charge >= 0.3 is 12.1 Å². The van der Waals surface area contributed by atoms with Gasteiger partial charge in [0.15, 0.2) is 5.69 Å². The van der Waals surface area contributed by atoms with Crippen LogP contribution in [0.25, 0.3) is 0 Å². The Morgan fingerprint density at radius 1 is 1.38 bits per heavy atom. The Labute approximate surface area is 126 Å². The van der Waals surface area contributed by atoms with E-state index < -0.39 is 17.8 Å². The lowest BCUT2D eigenvalue weighted by Crippen LogP contribution is -2.09. The molecule has 0 radical (unpaired) electrons. The molecule has 0 atom stereocenters. The zero-order valence-electron chi connectivity index (χ0n) is 10.8.